The summed E-state index contributed by atoms with van der Waals surface area (Å²) in [5.74, 6) is 0.759. The first-order valence-corrected chi connectivity index (χ1v) is 6.78. The van der Waals surface area contributed by atoms with Gasteiger partial charge in [-0.3, -0.25) is 4.79 Å². The van der Waals surface area contributed by atoms with Crippen LogP contribution in [0.2, 0.25) is 0 Å². The molecule has 0 radical (unpaired) electrons. The number of carbonyl (C=O) groups is 1. The molecule has 1 N–H and O–H groups in total. The normalized spacial score (nSPS) is 19.4. The molecular formula is C13H27ClN2O2. The van der Waals surface area contributed by atoms with E-state index in [1.807, 2.05) is 11.9 Å². The Morgan fingerprint density at radius 2 is 2.28 bits per heavy atom. The molecule has 1 unspecified atom stereocenters. The highest BCUT2D eigenvalue weighted by atomic mass is 35.5. The van der Waals surface area contributed by atoms with E-state index in [1.54, 1.807) is 0 Å². The van der Waals surface area contributed by atoms with Crippen LogP contribution in [0.15, 0.2) is 0 Å². The summed E-state index contributed by atoms with van der Waals surface area (Å²) in [6.45, 7) is 5.87. The number of halogens is 1. The molecule has 1 rings (SSSR count). The third kappa shape index (κ3) is 6.57. The Labute approximate surface area is 117 Å². The van der Waals surface area contributed by atoms with Crippen LogP contribution < -0.4 is 5.32 Å². The number of ether oxygens (including phenoxy) is 1. The number of hydrogen-bond acceptors (Lipinski definition) is 3. The third-order valence-corrected chi connectivity index (χ3v) is 3.23. The summed E-state index contributed by atoms with van der Waals surface area (Å²) >= 11 is 0. The number of rotatable bonds is 7. The van der Waals surface area contributed by atoms with Crippen molar-refractivity contribution in [3.63, 3.8) is 0 Å². The largest absolute Gasteiger partial charge is 0.372 e. The molecule has 0 aromatic rings. The summed E-state index contributed by atoms with van der Waals surface area (Å²) in [5, 5.41) is 3.19. The van der Waals surface area contributed by atoms with Gasteiger partial charge in [0.05, 0.1) is 0 Å². The van der Waals surface area contributed by atoms with Crippen LogP contribution in [-0.2, 0) is 9.53 Å². The molecule has 0 aliphatic carbocycles. The van der Waals surface area contributed by atoms with Crippen molar-refractivity contribution in [2.75, 3.05) is 39.9 Å². The summed E-state index contributed by atoms with van der Waals surface area (Å²) in [7, 11) is 1.97. The van der Waals surface area contributed by atoms with Gasteiger partial charge in [-0.25, -0.2) is 0 Å². The first-order valence-electron chi connectivity index (χ1n) is 6.78. The van der Waals surface area contributed by atoms with Gasteiger partial charge in [0, 0.05) is 19.7 Å². The van der Waals surface area contributed by atoms with Gasteiger partial charge in [0.25, 0.3) is 0 Å². The third-order valence-electron chi connectivity index (χ3n) is 3.23. The predicted octanol–water partition coefficient (Wildman–Crippen LogP) is 1.68. The average molecular weight is 279 g/mol. The first-order chi connectivity index (χ1) is 8.27. The standard InChI is InChI=1S/C13H26N2O2.ClH/c1-3-4-8-17-11-13(16)15-7-5-6-12(10-15)9-14-2;/h12,14H,3-11H2,1-2H3;1H. The fourth-order valence-electron chi connectivity index (χ4n) is 2.24. The highest BCUT2D eigenvalue weighted by Gasteiger charge is 2.22. The Morgan fingerprint density at radius 1 is 1.50 bits per heavy atom. The Morgan fingerprint density at radius 3 is 2.94 bits per heavy atom. The molecule has 0 saturated carbocycles. The minimum absolute atomic E-state index is 0. The van der Waals surface area contributed by atoms with E-state index in [0.717, 1.165) is 38.9 Å². The number of nitrogens with one attached hydrogen (secondary N) is 1. The van der Waals surface area contributed by atoms with Crippen LogP contribution in [0.4, 0.5) is 0 Å². The monoisotopic (exact) mass is 278 g/mol. The molecule has 4 nitrogen and oxygen atoms in total. The van der Waals surface area contributed by atoms with Crippen molar-refractivity contribution in [3.05, 3.63) is 0 Å². The van der Waals surface area contributed by atoms with E-state index < -0.39 is 0 Å². The summed E-state index contributed by atoms with van der Waals surface area (Å²) in [6, 6.07) is 0. The van der Waals surface area contributed by atoms with Crippen LogP contribution in [0.1, 0.15) is 32.6 Å². The smallest absolute Gasteiger partial charge is 0.248 e. The number of amides is 1. The van der Waals surface area contributed by atoms with Crippen molar-refractivity contribution >= 4 is 18.3 Å². The second-order valence-corrected chi connectivity index (χ2v) is 4.81. The second kappa shape index (κ2) is 10.6. The minimum atomic E-state index is 0. The van der Waals surface area contributed by atoms with Crippen molar-refractivity contribution in [1.29, 1.82) is 0 Å². The van der Waals surface area contributed by atoms with E-state index in [4.69, 9.17) is 4.74 Å². The second-order valence-electron chi connectivity index (χ2n) is 4.81. The Balaban J connectivity index is 0.00000289. The Bertz CT molecular complexity index is 225. The molecule has 1 aliphatic rings. The molecule has 0 aromatic carbocycles. The van der Waals surface area contributed by atoms with Crippen molar-refractivity contribution in [2.24, 2.45) is 5.92 Å². The van der Waals surface area contributed by atoms with Gasteiger partial charge >= 0.3 is 0 Å². The maximum absolute atomic E-state index is 11.9. The van der Waals surface area contributed by atoms with Crippen molar-refractivity contribution in [3.8, 4) is 0 Å². The first kappa shape index (κ1) is 17.7. The lowest BCUT2D eigenvalue weighted by Gasteiger charge is -2.32. The topological polar surface area (TPSA) is 41.6 Å². The van der Waals surface area contributed by atoms with Gasteiger partial charge in [-0.1, -0.05) is 13.3 Å². The van der Waals surface area contributed by atoms with Crippen LogP contribution in [0.5, 0.6) is 0 Å². The maximum atomic E-state index is 11.9. The molecule has 1 saturated heterocycles. The molecule has 1 amide bonds. The molecule has 18 heavy (non-hydrogen) atoms. The van der Waals surface area contributed by atoms with Gasteiger partial charge in [0.2, 0.25) is 5.91 Å². The summed E-state index contributed by atoms with van der Waals surface area (Å²) in [6.07, 6.45) is 4.49. The number of carbonyl (C=O) groups excluding carboxylic acids is 1. The van der Waals surface area contributed by atoms with Crippen LogP contribution in [0.3, 0.4) is 0 Å². The zero-order valence-corrected chi connectivity index (χ0v) is 12.4. The van der Waals surface area contributed by atoms with Crippen LogP contribution in [0.25, 0.3) is 0 Å². The number of hydrogen-bond donors (Lipinski definition) is 1. The quantitative estimate of drug-likeness (QED) is 0.721. The van der Waals surface area contributed by atoms with E-state index >= 15 is 0 Å². The van der Waals surface area contributed by atoms with Gasteiger partial charge in [-0.15, -0.1) is 12.4 Å². The zero-order chi connectivity index (χ0) is 12.5. The molecule has 0 aromatic heterocycles. The number of likely N-dealkylation sites (tertiary alicyclic amines) is 1. The van der Waals surface area contributed by atoms with Crippen molar-refractivity contribution < 1.29 is 9.53 Å². The van der Waals surface area contributed by atoms with Crippen LogP contribution >= 0.6 is 12.4 Å². The summed E-state index contributed by atoms with van der Waals surface area (Å²) < 4.78 is 5.38. The zero-order valence-electron chi connectivity index (χ0n) is 11.6. The minimum Gasteiger partial charge on any atom is -0.372 e. The molecule has 0 bridgehead atoms. The number of unbranched alkanes of at least 4 members (excludes halogenated alkanes) is 1. The lowest BCUT2D eigenvalue weighted by Crippen LogP contribution is -2.44. The molecular weight excluding hydrogens is 252 g/mol. The highest BCUT2D eigenvalue weighted by Crippen LogP contribution is 2.15. The molecule has 1 atom stereocenters. The van der Waals surface area contributed by atoms with E-state index in [-0.39, 0.29) is 24.9 Å². The van der Waals surface area contributed by atoms with Gasteiger partial charge in [0.15, 0.2) is 0 Å². The lowest BCUT2D eigenvalue weighted by molar-refractivity contribution is -0.138. The van der Waals surface area contributed by atoms with E-state index in [0.29, 0.717) is 12.5 Å². The number of piperidine rings is 1. The molecule has 1 aliphatic heterocycles. The van der Waals surface area contributed by atoms with Gasteiger partial charge in [-0.05, 0) is 38.8 Å². The van der Waals surface area contributed by atoms with Crippen molar-refractivity contribution in [2.45, 2.75) is 32.6 Å². The van der Waals surface area contributed by atoms with Gasteiger partial charge in [0.1, 0.15) is 6.61 Å². The summed E-state index contributed by atoms with van der Waals surface area (Å²) in [5.41, 5.74) is 0. The summed E-state index contributed by atoms with van der Waals surface area (Å²) in [4.78, 5) is 13.8. The number of nitrogens with zero attached hydrogens (tertiary/aromatic N) is 1. The average Bonchev–Trinajstić information content (AvgIpc) is 2.35. The van der Waals surface area contributed by atoms with E-state index in [9.17, 15) is 4.79 Å². The Kier molecular flexibility index (Phi) is 10.4. The molecule has 0 spiro atoms. The molecule has 5 heteroatoms. The SMILES string of the molecule is CCCCOCC(=O)N1CCCC(CNC)C1.Cl. The highest BCUT2D eigenvalue weighted by molar-refractivity contribution is 5.85. The van der Waals surface area contributed by atoms with E-state index in [2.05, 4.69) is 12.2 Å². The molecule has 1 heterocycles. The van der Waals surface area contributed by atoms with Gasteiger partial charge in [-0.2, -0.15) is 0 Å². The van der Waals surface area contributed by atoms with Crippen LogP contribution in [0, 0.1) is 5.92 Å². The lowest BCUT2D eigenvalue weighted by atomic mass is 9.98. The molecule has 1 fully saturated rings. The maximum Gasteiger partial charge on any atom is 0.248 e. The van der Waals surface area contributed by atoms with Gasteiger partial charge < -0.3 is 15.0 Å². The fraction of sp³-hybridized carbons (Fsp3) is 0.923. The fourth-order valence-corrected chi connectivity index (χ4v) is 2.24. The van der Waals surface area contributed by atoms with E-state index in [1.165, 1.54) is 6.42 Å². The molecule has 108 valence electrons. The van der Waals surface area contributed by atoms with Crippen molar-refractivity contribution in [1.82, 2.24) is 10.2 Å². The van der Waals surface area contributed by atoms with Crippen LogP contribution in [-0.4, -0.2) is 50.7 Å². The Hall–Kier alpha value is -0.320. The predicted molar refractivity (Wildman–Crippen MR) is 76.2 cm³/mol.